The largest absolute Gasteiger partial charge is 0.393 e. The van der Waals surface area contributed by atoms with E-state index in [2.05, 4.69) is 39.8 Å². The SMILES string of the molecule is CC1=CC=C2C(C)(C)C[C@H](O)C[C@@]12C. The predicted octanol–water partition coefficient (Wildman–Crippen LogP) is 3.06. The molecule has 2 rings (SSSR count). The monoisotopic (exact) mass is 192 g/mol. The molecule has 1 fully saturated rings. The summed E-state index contributed by atoms with van der Waals surface area (Å²) in [5, 5.41) is 9.92. The fourth-order valence-electron chi connectivity index (χ4n) is 3.27. The van der Waals surface area contributed by atoms with Gasteiger partial charge in [0.2, 0.25) is 0 Å². The van der Waals surface area contributed by atoms with Crippen molar-refractivity contribution in [1.82, 2.24) is 0 Å². The highest BCUT2D eigenvalue weighted by atomic mass is 16.3. The second-order valence-corrected chi connectivity index (χ2v) is 5.71. The summed E-state index contributed by atoms with van der Waals surface area (Å²) in [5.74, 6) is 0. The minimum atomic E-state index is -0.145. The minimum absolute atomic E-state index is 0.126. The molecule has 0 unspecified atom stereocenters. The lowest BCUT2D eigenvalue weighted by Crippen LogP contribution is -2.40. The third-order valence-corrected chi connectivity index (χ3v) is 4.08. The number of hydrogen-bond acceptors (Lipinski definition) is 1. The summed E-state index contributed by atoms with van der Waals surface area (Å²) < 4.78 is 0. The quantitative estimate of drug-likeness (QED) is 0.625. The lowest BCUT2D eigenvalue weighted by atomic mass is 9.59. The van der Waals surface area contributed by atoms with Crippen molar-refractivity contribution >= 4 is 0 Å². The first kappa shape index (κ1) is 9.97. The zero-order valence-electron chi connectivity index (χ0n) is 9.59. The van der Waals surface area contributed by atoms with Gasteiger partial charge in [-0.05, 0) is 25.2 Å². The number of rotatable bonds is 0. The van der Waals surface area contributed by atoms with Crippen LogP contribution in [-0.4, -0.2) is 11.2 Å². The van der Waals surface area contributed by atoms with Gasteiger partial charge in [0.05, 0.1) is 6.10 Å². The highest BCUT2D eigenvalue weighted by molar-refractivity contribution is 5.43. The van der Waals surface area contributed by atoms with Crippen LogP contribution in [0.2, 0.25) is 0 Å². The van der Waals surface area contributed by atoms with Crippen LogP contribution in [0.3, 0.4) is 0 Å². The van der Waals surface area contributed by atoms with Gasteiger partial charge in [-0.2, -0.15) is 0 Å². The molecule has 1 heteroatoms. The van der Waals surface area contributed by atoms with Gasteiger partial charge in [-0.3, -0.25) is 0 Å². The molecule has 0 radical (unpaired) electrons. The Morgan fingerprint density at radius 3 is 2.50 bits per heavy atom. The third kappa shape index (κ3) is 1.18. The van der Waals surface area contributed by atoms with Crippen molar-refractivity contribution in [3.05, 3.63) is 23.3 Å². The molecule has 0 heterocycles. The molecule has 0 spiro atoms. The average molecular weight is 192 g/mol. The number of fused-ring (bicyclic) bond motifs is 1. The Labute approximate surface area is 86.5 Å². The number of aliphatic hydroxyl groups excluding tert-OH is 1. The first-order chi connectivity index (χ1) is 6.36. The highest BCUT2D eigenvalue weighted by Gasteiger charge is 2.47. The van der Waals surface area contributed by atoms with E-state index in [9.17, 15) is 5.11 Å². The van der Waals surface area contributed by atoms with E-state index in [1.54, 1.807) is 0 Å². The first-order valence-electron chi connectivity index (χ1n) is 5.44. The molecule has 2 aliphatic rings. The molecular formula is C13H20O. The van der Waals surface area contributed by atoms with Crippen LogP contribution in [0.25, 0.3) is 0 Å². The van der Waals surface area contributed by atoms with Gasteiger partial charge >= 0.3 is 0 Å². The number of hydrogen-bond donors (Lipinski definition) is 1. The standard InChI is InChI=1S/C13H20O/c1-9-5-6-11-12(2,3)7-10(14)8-13(9,11)4/h5-6,10,14H,7-8H2,1-4H3/t10-,13-/m0/s1. The Morgan fingerprint density at radius 2 is 1.86 bits per heavy atom. The molecule has 2 aliphatic carbocycles. The Kier molecular flexibility index (Phi) is 1.94. The second-order valence-electron chi connectivity index (χ2n) is 5.71. The molecule has 0 amide bonds. The van der Waals surface area contributed by atoms with E-state index in [1.807, 2.05) is 0 Å². The number of allylic oxidation sites excluding steroid dienone is 4. The van der Waals surface area contributed by atoms with Crippen LogP contribution in [0.1, 0.15) is 40.5 Å². The summed E-state index contributed by atoms with van der Waals surface area (Å²) in [4.78, 5) is 0. The Hall–Kier alpha value is -0.560. The van der Waals surface area contributed by atoms with Gasteiger partial charge in [0.1, 0.15) is 0 Å². The highest BCUT2D eigenvalue weighted by Crippen LogP contribution is 2.56. The maximum atomic E-state index is 9.92. The van der Waals surface area contributed by atoms with Crippen molar-refractivity contribution in [3.8, 4) is 0 Å². The fourth-order valence-corrected chi connectivity index (χ4v) is 3.27. The van der Waals surface area contributed by atoms with Crippen molar-refractivity contribution in [2.45, 2.75) is 46.6 Å². The Morgan fingerprint density at radius 1 is 1.21 bits per heavy atom. The van der Waals surface area contributed by atoms with Crippen LogP contribution in [0.15, 0.2) is 23.3 Å². The van der Waals surface area contributed by atoms with Crippen LogP contribution in [0.5, 0.6) is 0 Å². The summed E-state index contributed by atoms with van der Waals surface area (Å²) in [6.45, 7) is 8.93. The Balaban J connectivity index is 2.43. The summed E-state index contributed by atoms with van der Waals surface area (Å²) in [7, 11) is 0. The summed E-state index contributed by atoms with van der Waals surface area (Å²) in [6.07, 6.45) is 6.13. The molecule has 0 aliphatic heterocycles. The summed E-state index contributed by atoms with van der Waals surface area (Å²) in [6, 6.07) is 0. The van der Waals surface area contributed by atoms with E-state index in [1.165, 1.54) is 11.1 Å². The third-order valence-electron chi connectivity index (χ3n) is 4.08. The van der Waals surface area contributed by atoms with Gasteiger partial charge in [-0.1, -0.05) is 44.1 Å². The fraction of sp³-hybridized carbons (Fsp3) is 0.692. The van der Waals surface area contributed by atoms with E-state index in [-0.39, 0.29) is 16.9 Å². The van der Waals surface area contributed by atoms with Crippen LogP contribution in [0, 0.1) is 10.8 Å². The topological polar surface area (TPSA) is 20.2 Å². The molecule has 1 N–H and O–H groups in total. The summed E-state index contributed by atoms with van der Waals surface area (Å²) >= 11 is 0. The van der Waals surface area contributed by atoms with Gasteiger partial charge in [0.25, 0.3) is 0 Å². The maximum Gasteiger partial charge on any atom is 0.0559 e. The van der Waals surface area contributed by atoms with E-state index >= 15 is 0 Å². The van der Waals surface area contributed by atoms with Crippen LogP contribution < -0.4 is 0 Å². The molecule has 1 nitrogen and oxygen atoms in total. The van der Waals surface area contributed by atoms with Gasteiger partial charge < -0.3 is 5.11 Å². The van der Waals surface area contributed by atoms with E-state index in [0.29, 0.717) is 0 Å². The molecule has 78 valence electrons. The van der Waals surface area contributed by atoms with Crippen molar-refractivity contribution in [1.29, 1.82) is 0 Å². The molecule has 0 aromatic carbocycles. The molecule has 2 atom stereocenters. The van der Waals surface area contributed by atoms with Crippen molar-refractivity contribution in [2.75, 3.05) is 0 Å². The molecule has 1 saturated carbocycles. The Bertz CT molecular complexity index is 322. The first-order valence-corrected chi connectivity index (χ1v) is 5.44. The zero-order chi connectivity index (χ0) is 10.6. The zero-order valence-corrected chi connectivity index (χ0v) is 9.59. The smallest absolute Gasteiger partial charge is 0.0559 e. The van der Waals surface area contributed by atoms with Crippen molar-refractivity contribution < 1.29 is 5.11 Å². The van der Waals surface area contributed by atoms with Crippen LogP contribution in [0.4, 0.5) is 0 Å². The molecular weight excluding hydrogens is 172 g/mol. The van der Waals surface area contributed by atoms with Crippen LogP contribution in [-0.2, 0) is 0 Å². The summed E-state index contributed by atoms with van der Waals surface area (Å²) in [5.41, 5.74) is 3.19. The molecule has 0 saturated heterocycles. The second kappa shape index (κ2) is 2.73. The van der Waals surface area contributed by atoms with Gasteiger partial charge in [-0.25, -0.2) is 0 Å². The number of aliphatic hydroxyl groups is 1. The molecule has 14 heavy (non-hydrogen) atoms. The van der Waals surface area contributed by atoms with Crippen LogP contribution >= 0.6 is 0 Å². The average Bonchev–Trinajstić information content (AvgIpc) is 2.26. The van der Waals surface area contributed by atoms with Crippen molar-refractivity contribution in [3.63, 3.8) is 0 Å². The normalized spacial score (nSPS) is 40.2. The maximum absolute atomic E-state index is 9.92. The lowest BCUT2D eigenvalue weighted by molar-refractivity contribution is 0.0543. The van der Waals surface area contributed by atoms with Gasteiger partial charge in [0.15, 0.2) is 0 Å². The molecule has 0 aromatic heterocycles. The molecule has 0 bridgehead atoms. The van der Waals surface area contributed by atoms with Gasteiger partial charge in [0, 0.05) is 5.41 Å². The van der Waals surface area contributed by atoms with Gasteiger partial charge in [-0.15, -0.1) is 0 Å². The van der Waals surface area contributed by atoms with E-state index in [0.717, 1.165) is 12.8 Å². The van der Waals surface area contributed by atoms with Crippen molar-refractivity contribution in [2.24, 2.45) is 10.8 Å². The predicted molar refractivity (Wildman–Crippen MR) is 59.0 cm³/mol. The van der Waals surface area contributed by atoms with E-state index in [4.69, 9.17) is 0 Å². The van der Waals surface area contributed by atoms with E-state index < -0.39 is 0 Å². The minimum Gasteiger partial charge on any atom is -0.393 e. The lowest BCUT2D eigenvalue weighted by Gasteiger charge is -2.46. The molecule has 0 aromatic rings.